The van der Waals surface area contributed by atoms with Gasteiger partial charge in [0.15, 0.2) is 0 Å². The normalized spacial score (nSPS) is 17.5. The Morgan fingerprint density at radius 1 is 1.32 bits per heavy atom. The van der Waals surface area contributed by atoms with Gasteiger partial charge in [0.25, 0.3) is 0 Å². The van der Waals surface area contributed by atoms with Crippen LogP contribution in [0.2, 0.25) is 0 Å². The van der Waals surface area contributed by atoms with E-state index in [1.807, 2.05) is 31.1 Å². The van der Waals surface area contributed by atoms with Crippen molar-refractivity contribution in [1.82, 2.24) is 14.9 Å². The van der Waals surface area contributed by atoms with Gasteiger partial charge in [-0.3, -0.25) is 4.90 Å². The van der Waals surface area contributed by atoms with Gasteiger partial charge in [0.1, 0.15) is 23.7 Å². The second kappa shape index (κ2) is 8.01. The number of rotatable bonds is 6. The van der Waals surface area contributed by atoms with Gasteiger partial charge in [0, 0.05) is 45.8 Å². The topological polar surface area (TPSA) is 53.5 Å². The van der Waals surface area contributed by atoms with E-state index in [-0.39, 0.29) is 0 Å². The summed E-state index contributed by atoms with van der Waals surface area (Å²) in [6, 6.07) is 8.66. The Morgan fingerprint density at radius 3 is 2.88 bits per heavy atom. The highest BCUT2D eigenvalue weighted by atomic mass is 79.9. The molecule has 1 atom stereocenters. The van der Waals surface area contributed by atoms with Crippen LogP contribution >= 0.6 is 15.9 Å². The first kappa shape index (κ1) is 17.9. The molecular weight excluding hydrogens is 382 g/mol. The number of likely N-dealkylation sites (tertiary alicyclic amines) is 1. The molecule has 1 aliphatic rings. The second-order valence-electron chi connectivity index (χ2n) is 6.49. The smallest absolute Gasteiger partial charge is 0.133 e. The molecule has 1 unspecified atom stereocenters. The molecule has 7 heteroatoms. The van der Waals surface area contributed by atoms with Crippen LogP contribution in [0.4, 0.5) is 11.6 Å². The van der Waals surface area contributed by atoms with E-state index in [1.165, 1.54) is 5.56 Å². The molecule has 6 nitrogen and oxygen atoms in total. The minimum absolute atomic E-state index is 0.409. The van der Waals surface area contributed by atoms with Crippen molar-refractivity contribution in [3.63, 3.8) is 0 Å². The summed E-state index contributed by atoms with van der Waals surface area (Å²) in [4.78, 5) is 13.0. The largest absolute Gasteiger partial charge is 0.496 e. The minimum atomic E-state index is 0.409. The lowest BCUT2D eigenvalue weighted by molar-refractivity contribution is 0.328. The SMILES string of the molecule is COc1ccc(CN2CCC(Nc3cc(N(C)C)ncn3)C2)cc1Br. The highest BCUT2D eigenvalue weighted by molar-refractivity contribution is 9.10. The van der Waals surface area contributed by atoms with Gasteiger partial charge in [0.2, 0.25) is 0 Å². The van der Waals surface area contributed by atoms with Gasteiger partial charge in [-0.05, 0) is 40.0 Å². The van der Waals surface area contributed by atoms with Gasteiger partial charge in [0.05, 0.1) is 11.6 Å². The van der Waals surface area contributed by atoms with E-state index in [2.05, 4.69) is 48.2 Å². The van der Waals surface area contributed by atoms with Gasteiger partial charge >= 0.3 is 0 Å². The second-order valence-corrected chi connectivity index (χ2v) is 7.34. The van der Waals surface area contributed by atoms with Crippen LogP contribution in [-0.4, -0.2) is 55.2 Å². The number of halogens is 1. The van der Waals surface area contributed by atoms with Crippen LogP contribution in [0, 0.1) is 0 Å². The third-order valence-electron chi connectivity index (χ3n) is 4.36. The fraction of sp³-hybridized carbons (Fsp3) is 0.444. The molecule has 0 amide bonds. The molecule has 0 aliphatic carbocycles. The quantitative estimate of drug-likeness (QED) is 0.796. The number of aromatic nitrogens is 2. The fourth-order valence-corrected chi connectivity index (χ4v) is 3.63. The first-order valence-electron chi connectivity index (χ1n) is 8.36. The standard InChI is InChI=1S/C18H24BrN5O/c1-23(2)18-9-17(20-12-21-18)22-14-6-7-24(11-14)10-13-4-5-16(25-3)15(19)8-13/h4-5,8-9,12,14H,6-7,10-11H2,1-3H3,(H,20,21,22). The molecule has 0 radical (unpaired) electrons. The number of hydrogen-bond donors (Lipinski definition) is 1. The van der Waals surface area contributed by atoms with Gasteiger partial charge in [-0.1, -0.05) is 6.07 Å². The Balaban J connectivity index is 1.57. The maximum absolute atomic E-state index is 5.29. The van der Waals surface area contributed by atoms with Crippen LogP contribution in [0.5, 0.6) is 5.75 Å². The van der Waals surface area contributed by atoms with E-state index in [1.54, 1.807) is 13.4 Å². The van der Waals surface area contributed by atoms with Crippen LogP contribution in [0.3, 0.4) is 0 Å². The lowest BCUT2D eigenvalue weighted by Gasteiger charge is -2.18. The number of nitrogens with one attached hydrogen (secondary N) is 1. The molecule has 1 saturated heterocycles. The van der Waals surface area contributed by atoms with Crippen LogP contribution < -0.4 is 15.0 Å². The molecule has 1 aromatic heterocycles. The van der Waals surface area contributed by atoms with Crippen molar-refractivity contribution < 1.29 is 4.74 Å². The molecule has 1 aromatic carbocycles. The Kier molecular flexibility index (Phi) is 5.75. The van der Waals surface area contributed by atoms with Crippen molar-refractivity contribution in [2.75, 3.05) is 44.5 Å². The van der Waals surface area contributed by atoms with E-state index in [0.29, 0.717) is 6.04 Å². The first-order valence-corrected chi connectivity index (χ1v) is 9.15. The van der Waals surface area contributed by atoms with Gasteiger partial charge in [-0.25, -0.2) is 9.97 Å². The Hall–Kier alpha value is -1.86. The van der Waals surface area contributed by atoms with E-state index >= 15 is 0 Å². The molecule has 1 fully saturated rings. The number of benzene rings is 1. The van der Waals surface area contributed by atoms with E-state index in [4.69, 9.17) is 4.74 Å². The summed E-state index contributed by atoms with van der Waals surface area (Å²) in [5, 5.41) is 3.53. The number of methoxy groups -OCH3 is 1. The summed E-state index contributed by atoms with van der Waals surface area (Å²) < 4.78 is 6.29. The maximum atomic E-state index is 5.29. The molecule has 0 spiro atoms. The zero-order valence-electron chi connectivity index (χ0n) is 14.9. The van der Waals surface area contributed by atoms with Crippen molar-refractivity contribution in [1.29, 1.82) is 0 Å². The van der Waals surface area contributed by atoms with Crippen LogP contribution in [0.1, 0.15) is 12.0 Å². The first-order chi connectivity index (χ1) is 12.0. The van der Waals surface area contributed by atoms with Crippen molar-refractivity contribution >= 4 is 27.6 Å². The van der Waals surface area contributed by atoms with Gasteiger partial charge in [-0.2, -0.15) is 0 Å². The monoisotopic (exact) mass is 405 g/mol. The maximum Gasteiger partial charge on any atom is 0.133 e. The zero-order chi connectivity index (χ0) is 17.8. The van der Waals surface area contributed by atoms with Crippen molar-refractivity contribution in [3.05, 3.63) is 40.6 Å². The number of nitrogens with zero attached hydrogens (tertiary/aromatic N) is 4. The van der Waals surface area contributed by atoms with E-state index in [9.17, 15) is 0 Å². The summed E-state index contributed by atoms with van der Waals surface area (Å²) in [5.74, 6) is 2.67. The molecular formula is C18H24BrN5O. The predicted molar refractivity (Wildman–Crippen MR) is 104 cm³/mol. The minimum Gasteiger partial charge on any atom is -0.496 e. The third-order valence-corrected chi connectivity index (χ3v) is 4.98. The molecule has 0 bridgehead atoms. The summed E-state index contributed by atoms with van der Waals surface area (Å²) in [6.07, 6.45) is 2.72. The van der Waals surface area contributed by atoms with Crippen LogP contribution in [-0.2, 0) is 6.54 Å². The molecule has 1 N–H and O–H groups in total. The molecule has 0 saturated carbocycles. The number of hydrogen-bond acceptors (Lipinski definition) is 6. The predicted octanol–water partition coefficient (Wildman–Crippen LogP) is 3.00. The third kappa shape index (κ3) is 4.61. The summed E-state index contributed by atoms with van der Waals surface area (Å²) in [7, 11) is 5.65. The van der Waals surface area contributed by atoms with Crippen molar-refractivity contribution in [2.45, 2.75) is 19.0 Å². The summed E-state index contributed by atoms with van der Waals surface area (Å²) in [5.41, 5.74) is 1.28. The summed E-state index contributed by atoms with van der Waals surface area (Å²) in [6.45, 7) is 3.02. The zero-order valence-corrected chi connectivity index (χ0v) is 16.5. The Morgan fingerprint density at radius 2 is 2.16 bits per heavy atom. The average molecular weight is 406 g/mol. The molecule has 25 heavy (non-hydrogen) atoms. The van der Waals surface area contributed by atoms with Crippen LogP contribution in [0.25, 0.3) is 0 Å². The molecule has 2 aromatic rings. The molecule has 134 valence electrons. The Bertz CT molecular complexity index is 724. The average Bonchev–Trinajstić information content (AvgIpc) is 3.02. The number of ether oxygens (including phenoxy) is 1. The van der Waals surface area contributed by atoms with E-state index < -0.39 is 0 Å². The van der Waals surface area contributed by atoms with Gasteiger partial charge < -0.3 is 15.0 Å². The van der Waals surface area contributed by atoms with E-state index in [0.717, 1.165) is 47.9 Å². The lowest BCUT2D eigenvalue weighted by Crippen LogP contribution is -2.26. The highest BCUT2D eigenvalue weighted by Gasteiger charge is 2.23. The molecule has 1 aliphatic heterocycles. The number of anilines is 2. The van der Waals surface area contributed by atoms with Crippen molar-refractivity contribution in [3.8, 4) is 5.75 Å². The van der Waals surface area contributed by atoms with Gasteiger partial charge in [-0.15, -0.1) is 0 Å². The molecule has 2 heterocycles. The summed E-state index contributed by atoms with van der Waals surface area (Å²) >= 11 is 3.56. The Labute approximate surface area is 157 Å². The van der Waals surface area contributed by atoms with Crippen LogP contribution in [0.15, 0.2) is 35.1 Å². The molecule has 3 rings (SSSR count). The van der Waals surface area contributed by atoms with Crippen molar-refractivity contribution in [2.24, 2.45) is 0 Å². The fourth-order valence-electron chi connectivity index (χ4n) is 3.04. The lowest BCUT2D eigenvalue weighted by atomic mass is 10.2. The highest BCUT2D eigenvalue weighted by Crippen LogP contribution is 2.27.